The third-order valence-corrected chi connectivity index (χ3v) is 1.84. The molecule has 5 heteroatoms. The molecule has 72 valence electrons. The van der Waals surface area contributed by atoms with E-state index in [4.69, 9.17) is 11.0 Å². The molecule has 0 fully saturated rings. The highest BCUT2D eigenvalue weighted by atomic mass is 79.9. The van der Waals surface area contributed by atoms with Crippen molar-refractivity contribution in [3.8, 4) is 6.07 Å². The zero-order chi connectivity index (χ0) is 10.6. The predicted octanol–water partition coefficient (Wildman–Crippen LogP) is 1.86. The van der Waals surface area contributed by atoms with Crippen molar-refractivity contribution in [3.63, 3.8) is 0 Å². The van der Waals surface area contributed by atoms with E-state index in [1.165, 1.54) is 6.20 Å². The van der Waals surface area contributed by atoms with Gasteiger partial charge in [-0.05, 0) is 6.07 Å². The standard InChI is InChI=1S/C9H9BrN4/c1-6(10)5-14-9-8(12)7(4-11)2-3-13-9/h2-3H,1,5,12H2,(H,13,14). The molecular weight excluding hydrogens is 244 g/mol. The minimum atomic E-state index is 0.365. The number of anilines is 2. The first-order valence-corrected chi connectivity index (χ1v) is 4.66. The van der Waals surface area contributed by atoms with Crippen LogP contribution in [0.2, 0.25) is 0 Å². The van der Waals surface area contributed by atoms with E-state index in [1.807, 2.05) is 6.07 Å². The highest BCUT2D eigenvalue weighted by Crippen LogP contribution is 2.19. The van der Waals surface area contributed by atoms with E-state index in [1.54, 1.807) is 6.07 Å². The molecule has 4 nitrogen and oxygen atoms in total. The van der Waals surface area contributed by atoms with Gasteiger partial charge in [0.2, 0.25) is 0 Å². The van der Waals surface area contributed by atoms with Crippen molar-refractivity contribution in [2.75, 3.05) is 17.6 Å². The van der Waals surface area contributed by atoms with Crippen LogP contribution in [0, 0.1) is 11.3 Å². The van der Waals surface area contributed by atoms with Gasteiger partial charge in [0, 0.05) is 17.2 Å². The number of nitrogen functional groups attached to an aromatic ring is 1. The number of pyridine rings is 1. The number of rotatable bonds is 3. The van der Waals surface area contributed by atoms with Crippen LogP contribution >= 0.6 is 15.9 Å². The van der Waals surface area contributed by atoms with Gasteiger partial charge in [0.05, 0.1) is 11.3 Å². The Balaban J connectivity index is 2.88. The molecular formula is C9H9BrN4. The molecule has 0 aromatic carbocycles. The Kier molecular flexibility index (Phi) is 3.48. The van der Waals surface area contributed by atoms with Gasteiger partial charge in [-0.1, -0.05) is 22.5 Å². The van der Waals surface area contributed by atoms with Crippen LogP contribution in [0.1, 0.15) is 5.56 Å². The van der Waals surface area contributed by atoms with Crippen molar-refractivity contribution >= 4 is 27.4 Å². The summed E-state index contributed by atoms with van der Waals surface area (Å²) < 4.78 is 0.793. The molecule has 1 rings (SSSR count). The SMILES string of the molecule is C=C(Br)CNc1nccc(C#N)c1N. The van der Waals surface area contributed by atoms with E-state index >= 15 is 0 Å². The Morgan fingerprint density at radius 1 is 1.79 bits per heavy atom. The number of hydrogen-bond acceptors (Lipinski definition) is 4. The van der Waals surface area contributed by atoms with Crippen LogP contribution in [-0.4, -0.2) is 11.5 Å². The molecule has 0 saturated heterocycles. The second kappa shape index (κ2) is 4.63. The van der Waals surface area contributed by atoms with Gasteiger partial charge in [0.25, 0.3) is 0 Å². The fourth-order valence-corrected chi connectivity index (χ4v) is 1.03. The van der Waals surface area contributed by atoms with Gasteiger partial charge in [-0.15, -0.1) is 0 Å². The van der Waals surface area contributed by atoms with Gasteiger partial charge in [0.15, 0.2) is 5.82 Å². The van der Waals surface area contributed by atoms with Crippen molar-refractivity contribution in [2.24, 2.45) is 0 Å². The minimum absolute atomic E-state index is 0.365. The number of nitrogens with two attached hydrogens (primary N) is 1. The maximum atomic E-state index is 8.71. The number of nitriles is 1. The average molecular weight is 253 g/mol. The molecule has 0 unspecified atom stereocenters. The first-order valence-electron chi connectivity index (χ1n) is 3.87. The lowest BCUT2D eigenvalue weighted by molar-refractivity contribution is 1.22. The lowest BCUT2D eigenvalue weighted by Crippen LogP contribution is -2.06. The van der Waals surface area contributed by atoms with Gasteiger partial charge >= 0.3 is 0 Å². The highest BCUT2D eigenvalue weighted by Gasteiger charge is 2.04. The van der Waals surface area contributed by atoms with Crippen molar-refractivity contribution in [3.05, 3.63) is 28.9 Å². The number of nitrogens with zero attached hydrogens (tertiary/aromatic N) is 2. The zero-order valence-corrected chi connectivity index (χ0v) is 9.00. The maximum absolute atomic E-state index is 8.71. The lowest BCUT2D eigenvalue weighted by atomic mass is 10.2. The number of aromatic nitrogens is 1. The smallest absolute Gasteiger partial charge is 0.150 e. The molecule has 1 heterocycles. The molecule has 0 spiro atoms. The van der Waals surface area contributed by atoms with Crippen LogP contribution in [0.4, 0.5) is 11.5 Å². The Hall–Kier alpha value is -1.54. The molecule has 1 aromatic rings. The summed E-state index contributed by atoms with van der Waals surface area (Å²) in [4.78, 5) is 4.01. The predicted molar refractivity (Wildman–Crippen MR) is 59.9 cm³/mol. The summed E-state index contributed by atoms with van der Waals surface area (Å²) >= 11 is 3.20. The largest absolute Gasteiger partial charge is 0.395 e. The average Bonchev–Trinajstić information content (AvgIpc) is 2.16. The molecule has 0 aliphatic carbocycles. The third-order valence-electron chi connectivity index (χ3n) is 1.56. The third kappa shape index (κ3) is 2.47. The maximum Gasteiger partial charge on any atom is 0.150 e. The van der Waals surface area contributed by atoms with Crippen LogP contribution in [0.25, 0.3) is 0 Å². The lowest BCUT2D eigenvalue weighted by Gasteiger charge is -2.07. The quantitative estimate of drug-likeness (QED) is 0.862. The fraction of sp³-hybridized carbons (Fsp3) is 0.111. The number of hydrogen-bond donors (Lipinski definition) is 2. The van der Waals surface area contributed by atoms with Gasteiger partial charge in [-0.25, -0.2) is 4.98 Å². The van der Waals surface area contributed by atoms with Gasteiger partial charge in [0.1, 0.15) is 6.07 Å². The molecule has 0 bridgehead atoms. The van der Waals surface area contributed by atoms with Gasteiger partial charge < -0.3 is 11.1 Å². The monoisotopic (exact) mass is 252 g/mol. The summed E-state index contributed by atoms with van der Waals surface area (Å²) in [6.45, 7) is 4.18. The first kappa shape index (κ1) is 10.5. The Bertz CT molecular complexity index is 394. The first-order chi connectivity index (χ1) is 6.65. The van der Waals surface area contributed by atoms with E-state index in [0.717, 1.165) is 4.48 Å². The molecule has 3 N–H and O–H groups in total. The van der Waals surface area contributed by atoms with Crippen LogP contribution in [-0.2, 0) is 0 Å². The summed E-state index contributed by atoms with van der Waals surface area (Å²) in [7, 11) is 0. The Morgan fingerprint density at radius 3 is 3.07 bits per heavy atom. The van der Waals surface area contributed by atoms with Crippen molar-refractivity contribution < 1.29 is 0 Å². The minimum Gasteiger partial charge on any atom is -0.395 e. The van der Waals surface area contributed by atoms with E-state index in [2.05, 4.69) is 32.8 Å². The molecule has 0 amide bonds. The summed E-state index contributed by atoms with van der Waals surface area (Å²) in [5, 5.41) is 11.7. The number of halogens is 1. The van der Waals surface area contributed by atoms with Crippen molar-refractivity contribution in [2.45, 2.75) is 0 Å². The Morgan fingerprint density at radius 2 is 2.50 bits per heavy atom. The summed E-state index contributed by atoms with van der Waals surface area (Å²) in [5.74, 6) is 0.504. The molecule has 0 aliphatic heterocycles. The Labute approximate surface area is 90.6 Å². The summed E-state index contributed by atoms with van der Waals surface area (Å²) in [6.07, 6.45) is 1.54. The van der Waals surface area contributed by atoms with Crippen LogP contribution in [0.15, 0.2) is 23.3 Å². The van der Waals surface area contributed by atoms with Crippen LogP contribution < -0.4 is 11.1 Å². The highest BCUT2D eigenvalue weighted by molar-refractivity contribution is 9.11. The van der Waals surface area contributed by atoms with E-state index in [0.29, 0.717) is 23.6 Å². The zero-order valence-electron chi connectivity index (χ0n) is 7.42. The van der Waals surface area contributed by atoms with Gasteiger partial charge in [-0.3, -0.25) is 0 Å². The molecule has 1 aromatic heterocycles. The summed E-state index contributed by atoms with van der Waals surface area (Å²) in [5.41, 5.74) is 6.47. The van der Waals surface area contributed by atoms with E-state index in [9.17, 15) is 0 Å². The van der Waals surface area contributed by atoms with E-state index < -0.39 is 0 Å². The van der Waals surface area contributed by atoms with E-state index in [-0.39, 0.29) is 0 Å². The van der Waals surface area contributed by atoms with Crippen LogP contribution in [0.3, 0.4) is 0 Å². The molecule has 0 radical (unpaired) electrons. The van der Waals surface area contributed by atoms with Crippen molar-refractivity contribution in [1.82, 2.24) is 4.98 Å². The topological polar surface area (TPSA) is 74.7 Å². The normalized spacial score (nSPS) is 9.14. The molecule has 0 saturated carbocycles. The molecule has 0 aliphatic rings. The van der Waals surface area contributed by atoms with Crippen LogP contribution in [0.5, 0.6) is 0 Å². The number of nitrogens with one attached hydrogen (secondary N) is 1. The summed E-state index contributed by atoms with van der Waals surface area (Å²) in [6, 6.07) is 3.56. The molecule has 14 heavy (non-hydrogen) atoms. The van der Waals surface area contributed by atoms with Crippen molar-refractivity contribution in [1.29, 1.82) is 5.26 Å². The second-order valence-electron chi connectivity index (χ2n) is 2.60. The fourth-order valence-electron chi connectivity index (χ4n) is 0.891. The van der Waals surface area contributed by atoms with Gasteiger partial charge in [-0.2, -0.15) is 5.26 Å². The molecule has 0 atom stereocenters. The second-order valence-corrected chi connectivity index (χ2v) is 3.72.